The summed E-state index contributed by atoms with van der Waals surface area (Å²) in [6, 6.07) is 0.545. The second kappa shape index (κ2) is 6.53. The SMILES string of the molecule is CCOC(=O)CN1CC(C)CC(NCC2CC2)C1. The Balaban J connectivity index is 1.73. The van der Waals surface area contributed by atoms with Crippen LogP contribution in [0.1, 0.15) is 33.1 Å². The Morgan fingerprint density at radius 3 is 2.83 bits per heavy atom. The van der Waals surface area contributed by atoms with Crippen LogP contribution in [0, 0.1) is 11.8 Å². The van der Waals surface area contributed by atoms with Crippen molar-refractivity contribution in [3.63, 3.8) is 0 Å². The molecule has 2 rings (SSSR count). The quantitative estimate of drug-likeness (QED) is 0.725. The summed E-state index contributed by atoms with van der Waals surface area (Å²) in [6.45, 7) is 8.20. The Morgan fingerprint density at radius 2 is 2.17 bits per heavy atom. The Hall–Kier alpha value is -0.610. The monoisotopic (exact) mass is 254 g/mol. The predicted molar refractivity (Wildman–Crippen MR) is 71.4 cm³/mol. The van der Waals surface area contributed by atoms with E-state index in [2.05, 4.69) is 17.1 Å². The molecule has 2 unspecified atom stereocenters. The van der Waals surface area contributed by atoms with Crippen molar-refractivity contribution in [1.82, 2.24) is 10.2 Å². The number of rotatable bonds is 6. The van der Waals surface area contributed by atoms with Crippen LogP contribution in [0.4, 0.5) is 0 Å². The molecule has 1 N–H and O–H groups in total. The number of hydrogen-bond acceptors (Lipinski definition) is 4. The zero-order valence-electron chi connectivity index (χ0n) is 11.7. The van der Waals surface area contributed by atoms with Gasteiger partial charge in [0, 0.05) is 19.1 Å². The lowest BCUT2D eigenvalue weighted by atomic mass is 9.96. The molecule has 0 bridgehead atoms. The van der Waals surface area contributed by atoms with Crippen LogP contribution in [0.3, 0.4) is 0 Å². The van der Waals surface area contributed by atoms with Crippen molar-refractivity contribution in [3.8, 4) is 0 Å². The van der Waals surface area contributed by atoms with E-state index in [1.165, 1.54) is 19.3 Å². The maximum Gasteiger partial charge on any atom is 0.320 e. The van der Waals surface area contributed by atoms with Gasteiger partial charge in [-0.05, 0) is 44.6 Å². The predicted octanol–water partition coefficient (Wildman–Crippen LogP) is 1.26. The highest BCUT2D eigenvalue weighted by Crippen LogP contribution is 2.28. The molecular formula is C14H26N2O2. The molecule has 0 aromatic heterocycles. The highest BCUT2D eigenvalue weighted by molar-refractivity contribution is 5.71. The lowest BCUT2D eigenvalue weighted by Crippen LogP contribution is -2.50. The van der Waals surface area contributed by atoms with Crippen molar-refractivity contribution in [2.45, 2.75) is 39.2 Å². The van der Waals surface area contributed by atoms with Gasteiger partial charge in [-0.2, -0.15) is 0 Å². The Kier molecular flexibility index (Phi) is 5.01. The lowest BCUT2D eigenvalue weighted by molar-refractivity contribution is -0.144. The molecule has 2 atom stereocenters. The maximum atomic E-state index is 11.5. The van der Waals surface area contributed by atoms with Crippen LogP contribution in [0.25, 0.3) is 0 Å². The van der Waals surface area contributed by atoms with E-state index in [0.717, 1.165) is 25.6 Å². The van der Waals surface area contributed by atoms with E-state index in [9.17, 15) is 4.79 Å². The molecule has 4 nitrogen and oxygen atoms in total. The summed E-state index contributed by atoms with van der Waals surface area (Å²) in [5, 5.41) is 3.66. The number of likely N-dealkylation sites (tertiary alicyclic amines) is 1. The average Bonchev–Trinajstić information content (AvgIpc) is 3.09. The molecule has 1 saturated carbocycles. The molecule has 0 radical (unpaired) electrons. The van der Waals surface area contributed by atoms with Gasteiger partial charge in [-0.1, -0.05) is 6.92 Å². The fourth-order valence-corrected chi connectivity index (χ4v) is 2.78. The van der Waals surface area contributed by atoms with E-state index in [1.807, 2.05) is 6.92 Å². The van der Waals surface area contributed by atoms with Gasteiger partial charge in [0.1, 0.15) is 0 Å². The van der Waals surface area contributed by atoms with Crippen molar-refractivity contribution in [2.24, 2.45) is 11.8 Å². The van der Waals surface area contributed by atoms with Gasteiger partial charge in [0.15, 0.2) is 0 Å². The van der Waals surface area contributed by atoms with Gasteiger partial charge >= 0.3 is 5.97 Å². The van der Waals surface area contributed by atoms with E-state index in [1.54, 1.807) is 0 Å². The molecule has 1 saturated heterocycles. The molecule has 0 aromatic rings. The van der Waals surface area contributed by atoms with Crippen molar-refractivity contribution in [3.05, 3.63) is 0 Å². The van der Waals surface area contributed by atoms with Crippen LogP contribution in [0.15, 0.2) is 0 Å². The molecule has 4 heteroatoms. The first-order chi connectivity index (χ1) is 8.67. The first-order valence-electron chi connectivity index (χ1n) is 7.28. The van der Waals surface area contributed by atoms with Crippen LogP contribution in [0.2, 0.25) is 0 Å². The molecular weight excluding hydrogens is 228 g/mol. The lowest BCUT2D eigenvalue weighted by Gasteiger charge is -2.36. The van der Waals surface area contributed by atoms with Gasteiger partial charge in [-0.25, -0.2) is 0 Å². The number of nitrogens with one attached hydrogen (secondary N) is 1. The topological polar surface area (TPSA) is 41.6 Å². The first kappa shape index (κ1) is 13.8. The van der Waals surface area contributed by atoms with Gasteiger partial charge in [0.05, 0.1) is 13.2 Å². The van der Waals surface area contributed by atoms with Crippen LogP contribution >= 0.6 is 0 Å². The van der Waals surface area contributed by atoms with Gasteiger partial charge in [0.25, 0.3) is 0 Å². The normalized spacial score (nSPS) is 29.2. The molecule has 18 heavy (non-hydrogen) atoms. The van der Waals surface area contributed by atoms with Crippen LogP contribution in [0.5, 0.6) is 0 Å². The number of esters is 1. The maximum absolute atomic E-state index is 11.5. The number of carbonyl (C=O) groups is 1. The fourth-order valence-electron chi connectivity index (χ4n) is 2.78. The molecule has 2 fully saturated rings. The van der Waals surface area contributed by atoms with E-state index in [0.29, 0.717) is 25.1 Å². The summed E-state index contributed by atoms with van der Waals surface area (Å²) in [4.78, 5) is 13.7. The summed E-state index contributed by atoms with van der Waals surface area (Å²) < 4.78 is 5.02. The molecule has 2 aliphatic rings. The third-order valence-corrected chi connectivity index (χ3v) is 3.79. The number of hydrogen-bond donors (Lipinski definition) is 1. The smallest absolute Gasteiger partial charge is 0.320 e. The summed E-state index contributed by atoms with van der Waals surface area (Å²) in [5.41, 5.74) is 0. The van der Waals surface area contributed by atoms with Crippen LogP contribution in [-0.4, -0.2) is 49.7 Å². The minimum absolute atomic E-state index is 0.0902. The van der Waals surface area contributed by atoms with Crippen molar-refractivity contribution in [1.29, 1.82) is 0 Å². The summed E-state index contributed by atoms with van der Waals surface area (Å²) >= 11 is 0. The zero-order chi connectivity index (χ0) is 13.0. The molecule has 0 amide bonds. The average molecular weight is 254 g/mol. The molecule has 0 spiro atoms. The van der Waals surface area contributed by atoms with Gasteiger partial charge < -0.3 is 10.1 Å². The highest BCUT2D eigenvalue weighted by atomic mass is 16.5. The number of carbonyl (C=O) groups excluding carboxylic acids is 1. The molecule has 1 aliphatic heterocycles. The number of piperidine rings is 1. The van der Waals surface area contributed by atoms with Crippen LogP contribution < -0.4 is 5.32 Å². The number of ether oxygens (including phenoxy) is 1. The fraction of sp³-hybridized carbons (Fsp3) is 0.929. The molecule has 0 aromatic carbocycles. The Bertz CT molecular complexity index is 279. The molecule has 104 valence electrons. The van der Waals surface area contributed by atoms with Crippen molar-refractivity contribution in [2.75, 3.05) is 32.8 Å². The van der Waals surface area contributed by atoms with Crippen molar-refractivity contribution >= 4 is 5.97 Å². The summed E-state index contributed by atoms with van der Waals surface area (Å²) in [6.07, 6.45) is 4.01. The minimum atomic E-state index is -0.0902. The molecule has 1 aliphatic carbocycles. The second-order valence-corrected chi connectivity index (χ2v) is 5.89. The number of nitrogens with zero attached hydrogens (tertiary/aromatic N) is 1. The van der Waals surface area contributed by atoms with E-state index in [-0.39, 0.29) is 5.97 Å². The minimum Gasteiger partial charge on any atom is -0.465 e. The highest BCUT2D eigenvalue weighted by Gasteiger charge is 2.28. The van der Waals surface area contributed by atoms with Gasteiger partial charge in [0.2, 0.25) is 0 Å². The van der Waals surface area contributed by atoms with Crippen molar-refractivity contribution < 1.29 is 9.53 Å². The first-order valence-corrected chi connectivity index (χ1v) is 7.28. The zero-order valence-corrected chi connectivity index (χ0v) is 11.7. The second-order valence-electron chi connectivity index (χ2n) is 5.89. The standard InChI is InChI=1S/C14H26N2O2/c1-3-18-14(17)10-16-8-11(2)6-13(9-16)15-7-12-4-5-12/h11-13,15H,3-10H2,1-2H3. The Morgan fingerprint density at radius 1 is 1.39 bits per heavy atom. The van der Waals surface area contributed by atoms with Gasteiger partial charge in [-0.3, -0.25) is 9.69 Å². The molecule has 1 heterocycles. The third-order valence-electron chi connectivity index (χ3n) is 3.79. The van der Waals surface area contributed by atoms with E-state index < -0.39 is 0 Å². The van der Waals surface area contributed by atoms with E-state index in [4.69, 9.17) is 4.74 Å². The largest absolute Gasteiger partial charge is 0.465 e. The summed E-state index contributed by atoms with van der Waals surface area (Å²) in [7, 11) is 0. The summed E-state index contributed by atoms with van der Waals surface area (Å²) in [5.74, 6) is 1.48. The van der Waals surface area contributed by atoms with E-state index >= 15 is 0 Å². The van der Waals surface area contributed by atoms with Crippen LogP contribution in [-0.2, 0) is 9.53 Å². The van der Waals surface area contributed by atoms with Gasteiger partial charge in [-0.15, -0.1) is 0 Å². The Labute approximate surface area is 110 Å². The third kappa shape index (κ3) is 4.58.